The van der Waals surface area contributed by atoms with Crippen LogP contribution in [0, 0.1) is 0 Å². The maximum Gasteiger partial charge on any atom is 0.275 e. The Hall–Kier alpha value is -1.30. The van der Waals surface area contributed by atoms with Gasteiger partial charge < -0.3 is 11.1 Å². The summed E-state index contributed by atoms with van der Waals surface area (Å²) >= 11 is 15.2. The lowest BCUT2D eigenvalue weighted by molar-refractivity contribution is 0.102. The van der Waals surface area contributed by atoms with Crippen LogP contribution in [-0.2, 0) is 0 Å². The van der Waals surface area contributed by atoms with Gasteiger partial charge in [0.05, 0.1) is 15.7 Å². The summed E-state index contributed by atoms with van der Waals surface area (Å²) < 4.78 is 0.791. The molecule has 0 saturated heterocycles. The number of benzene rings is 1. The van der Waals surface area contributed by atoms with Crippen LogP contribution < -0.4 is 11.1 Å². The zero-order chi connectivity index (χ0) is 14.0. The normalized spacial score (nSPS) is 10.3. The van der Waals surface area contributed by atoms with Crippen LogP contribution in [0.2, 0.25) is 10.0 Å². The van der Waals surface area contributed by atoms with E-state index in [0.29, 0.717) is 10.7 Å². The first kappa shape index (κ1) is 14.1. The second-order valence-corrected chi connectivity index (χ2v) is 5.37. The molecule has 0 spiro atoms. The van der Waals surface area contributed by atoms with Crippen molar-refractivity contribution >= 4 is 56.5 Å². The van der Waals surface area contributed by atoms with Gasteiger partial charge in [0.25, 0.3) is 5.91 Å². The van der Waals surface area contributed by atoms with Crippen molar-refractivity contribution in [1.29, 1.82) is 0 Å². The number of rotatable bonds is 2. The smallest absolute Gasteiger partial charge is 0.275 e. The highest BCUT2D eigenvalue weighted by Gasteiger charge is 2.14. The van der Waals surface area contributed by atoms with Gasteiger partial charge >= 0.3 is 0 Å². The largest absolute Gasteiger partial charge is 0.384 e. The topological polar surface area (TPSA) is 68.0 Å². The molecular formula is C12H8BrCl2N3O. The van der Waals surface area contributed by atoms with Crippen LogP contribution in [0.15, 0.2) is 34.8 Å². The third kappa shape index (κ3) is 3.37. The number of anilines is 2. The Kier molecular flexibility index (Phi) is 4.29. The van der Waals surface area contributed by atoms with Crippen LogP contribution in [0.5, 0.6) is 0 Å². The summed E-state index contributed by atoms with van der Waals surface area (Å²) in [6, 6.07) is 8.15. The molecule has 7 heteroatoms. The standard InChI is InChI=1S/C12H8BrCl2N3O/c13-6-1-2-7(14)9(5-6)17-12(19)11-8(15)3-4-10(16)18-11/h1-5H,(H2,16,18)(H,17,19). The molecule has 0 unspecified atom stereocenters. The van der Waals surface area contributed by atoms with Crippen molar-refractivity contribution in [2.24, 2.45) is 0 Å². The van der Waals surface area contributed by atoms with Gasteiger partial charge in [-0.2, -0.15) is 0 Å². The van der Waals surface area contributed by atoms with Crippen molar-refractivity contribution in [3.63, 3.8) is 0 Å². The van der Waals surface area contributed by atoms with Crippen LogP contribution >= 0.6 is 39.1 Å². The van der Waals surface area contributed by atoms with E-state index in [1.54, 1.807) is 18.2 Å². The minimum absolute atomic E-state index is 0.0534. The third-order valence-corrected chi connectivity index (χ3v) is 3.39. The molecule has 1 amide bonds. The summed E-state index contributed by atoms with van der Waals surface area (Å²) in [6.07, 6.45) is 0. The van der Waals surface area contributed by atoms with Gasteiger partial charge in [0, 0.05) is 4.47 Å². The first-order chi connectivity index (χ1) is 8.97. The highest BCUT2D eigenvalue weighted by atomic mass is 79.9. The number of nitrogens with one attached hydrogen (secondary N) is 1. The van der Waals surface area contributed by atoms with E-state index in [-0.39, 0.29) is 16.5 Å². The van der Waals surface area contributed by atoms with E-state index in [4.69, 9.17) is 28.9 Å². The fourth-order valence-corrected chi connectivity index (χ4v) is 2.11. The number of carbonyl (C=O) groups excluding carboxylic acids is 1. The lowest BCUT2D eigenvalue weighted by atomic mass is 10.3. The zero-order valence-electron chi connectivity index (χ0n) is 9.45. The molecule has 0 saturated carbocycles. The van der Waals surface area contributed by atoms with Crippen molar-refractivity contribution in [3.05, 3.63) is 50.5 Å². The Morgan fingerprint density at radius 1 is 1.21 bits per heavy atom. The Balaban J connectivity index is 2.30. The maximum absolute atomic E-state index is 12.1. The molecule has 1 heterocycles. The third-order valence-electron chi connectivity index (χ3n) is 2.26. The first-order valence-corrected chi connectivity index (χ1v) is 6.70. The Labute approximate surface area is 128 Å². The number of nitrogens with zero attached hydrogens (tertiary/aromatic N) is 1. The van der Waals surface area contributed by atoms with E-state index in [1.807, 2.05) is 0 Å². The number of aromatic nitrogens is 1. The van der Waals surface area contributed by atoms with Crippen molar-refractivity contribution < 1.29 is 4.79 Å². The Morgan fingerprint density at radius 3 is 2.63 bits per heavy atom. The number of nitrogens with two attached hydrogens (primary N) is 1. The fraction of sp³-hybridized carbons (Fsp3) is 0. The summed E-state index contributed by atoms with van der Waals surface area (Å²) in [7, 11) is 0. The van der Waals surface area contributed by atoms with E-state index >= 15 is 0 Å². The van der Waals surface area contributed by atoms with Crippen LogP contribution in [0.25, 0.3) is 0 Å². The average Bonchev–Trinajstić information content (AvgIpc) is 2.36. The number of nitrogen functional groups attached to an aromatic ring is 1. The van der Waals surface area contributed by atoms with Crippen LogP contribution in [0.4, 0.5) is 11.5 Å². The van der Waals surface area contributed by atoms with Crippen molar-refractivity contribution in [3.8, 4) is 0 Å². The lowest BCUT2D eigenvalue weighted by Crippen LogP contribution is -2.15. The van der Waals surface area contributed by atoms with E-state index < -0.39 is 5.91 Å². The monoisotopic (exact) mass is 359 g/mol. The number of pyridine rings is 1. The molecule has 2 aromatic rings. The average molecular weight is 361 g/mol. The number of hydrogen-bond donors (Lipinski definition) is 2. The minimum Gasteiger partial charge on any atom is -0.384 e. The van der Waals surface area contributed by atoms with E-state index in [0.717, 1.165) is 4.47 Å². The van der Waals surface area contributed by atoms with Crippen LogP contribution in [0.1, 0.15) is 10.5 Å². The molecule has 4 nitrogen and oxygen atoms in total. The van der Waals surface area contributed by atoms with Gasteiger partial charge in [0.15, 0.2) is 0 Å². The van der Waals surface area contributed by atoms with Gasteiger partial charge in [-0.3, -0.25) is 4.79 Å². The molecule has 0 bridgehead atoms. The van der Waals surface area contributed by atoms with Gasteiger partial charge in [-0.05, 0) is 30.3 Å². The molecule has 1 aromatic heterocycles. The summed E-state index contributed by atoms with van der Waals surface area (Å²) in [5, 5.41) is 3.27. The summed E-state index contributed by atoms with van der Waals surface area (Å²) in [5.41, 5.74) is 6.04. The molecule has 0 fully saturated rings. The van der Waals surface area contributed by atoms with E-state index in [1.165, 1.54) is 12.1 Å². The lowest BCUT2D eigenvalue weighted by Gasteiger charge is -2.08. The van der Waals surface area contributed by atoms with Crippen LogP contribution in [0.3, 0.4) is 0 Å². The fourth-order valence-electron chi connectivity index (χ4n) is 1.39. The second-order valence-electron chi connectivity index (χ2n) is 3.64. The minimum atomic E-state index is -0.475. The van der Waals surface area contributed by atoms with Gasteiger partial charge in [-0.15, -0.1) is 0 Å². The molecule has 19 heavy (non-hydrogen) atoms. The molecule has 3 N–H and O–H groups in total. The number of carbonyl (C=O) groups is 1. The second kappa shape index (κ2) is 5.77. The van der Waals surface area contributed by atoms with Crippen molar-refractivity contribution in [2.45, 2.75) is 0 Å². The van der Waals surface area contributed by atoms with Gasteiger partial charge in [0.2, 0.25) is 0 Å². The van der Waals surface area contributed by atoms with Gasteiger partial charge in [-0.25, -0.2) is 4.98 Å². The molecule has 0 aliphatic rings. The predicted molar refractivity (Wildman–Crippen MR) is 80.8 cm³/mol. The quantitative estimate of drug-likeness (QED) is 0.850. The Morgan fingerprint density at radius 2 is 1.89 bits per heavy atom. The molecule has 2 rings (SSSR count). The van der Waals surface area contributed by atoms with E-state index in [2.05, 4.69) is 26.2 Å². The molecule has 98 valence electrons. The van der Waals surface area contributed by atoms with Crippen molar-refractivity contribution in [2.75, 3.05) is 11.1 Å². The molecule has 0 atom stereocenters. The van der Waals surface area contributed by atoms with Crippen LogP contribution in [-0.4, -0.2) is 10.9 Å². The molecule has 1 aromatic carbocycles. The highest BCUT2D eigenvalue weighted by molar-refractivity contribution is 9.10. The van der Waals surface area contributed by atoms with Crippen molar-refractivity contribution in [1.82, 2.24) is 4.98 Å². The number of halogens is 3. The molecule has 0 aliphatic heterocycles. The van der Waals surface area contributed by atoms with Gasteiger partial charge in [-0.1, -0.05) is 39.1 Å². The summed E-state index contributed by atoms with van der Waals surface area (Å²) in [5.74, 6) is -0.257. The Bertz CT molecular complexity index is 649. The zero-order valence-corrected chi connectivity index (χ0v) is 12.6. The summed E-state index contributed by atoms with van der Waals surface area (Å²) in [4.78, 5) is 16.0. The van der Waals surface area contributed by atoms with Gasteiger partial charge in [0.1, 0.15) is 11.5 Å². The SMILES string of the molecule is Nc1ccc(Cl)c(C(=O)Nc2cc(Br)ccc2Cl)n1. The first-order valence-electron chi connectivity index (χ1n) is 5.16. The predicted octanol–water partition coefficient (Wildman–Crippen LogP) is 3.99. The summed E-state index contributed by atoms with van der Waals surface area (Å²) in [6.45, 7) is 0. The number of amides is 1. The molecule has 0 radical (unpaired) electrons. The maximum atomic E-state index is 12.1. The van der Waals surface area contributed by atoms with E-state index in [9.17, 15) is 4.79 Å². The highest BCUT2D eigenvalue weighted by Crippen LogP contribution is 2.26. The number of hydrogen-bond acceptors (Lipinski definition) is 3. The molecular weight excluding hydrogens is 353 g/mol. The molecule has 0 aliphatic carbocycles.